The van der Waals surface area contributed by atoms with Gasteiger partial charge >= 0.3 is 5.97 Å². The molecule has 1 amide bonds. The number of hydrazone groups is 1. The summed E-state index contributed by atoms with van der Waals surface area (Å²) >= 11 is 0. The van der Waals surface area contributed by atoms with Gasteiger partial charge in [0, 0.05) is 12.1 Å². The Morgan fingerprint density at radius 1 is 1.37 bits per heavy atom. The fourth-order valence-electron chi connectivity index (χ4n) is 1.21. The number of carboxylic acids is 1. The number of nitro groups is 1. The summed E-state index contributed by atoms with van der Waals surface area (Å²) in [5, 5.41) is 22.5. The molecule has 8 nitrogen and oxygen atoms in total. The summed E-state index contributed by atoms with van der Waals surface area (Å²) in [7, 11) is 0. The van der Waals surface area contributed by atoms with E-state index in [0.717, 1.165) is 0 Å². The maximum absolute atomic E-state index is 11.0. The van der Waals surface area contributed by atoms with E-state index in [-0.39, 0.29) is 5.69 Å². The summed E-state index contributed by atoms with van der Waals surface area (Å²) < 4.78 is 0. The number of benzene rings is 1. The maximum Gasteiger partial charge on any atom is 0.312 e. The highest BCUT2D eigenvalue weighted by atomic mass is 16.6. The Bertz CT molecular complexity index is 536. The zero-order valence-corrected chi connectivity index (χ0v) is 9.99. The minimum atomic E-state index is -1.25. The zero-order valence-electron chi connectivity index (χ0n) is 9.99. The van der Waals surface area contributed by atoms with Crippen LogP contribution in [0.2, 0.25) is 0 Å². The summed E-state index contributed by atoms with van der Waals surface area (Å²) in [6.45, 7) is 1.59. The van der Waals surface area contributed by atoms with Crippen molar-refractivity contribution in [1.29, 1.82) is 0 Å². The second-order valence-electron chi connectivity index (χ2n) is 3.61. The van der Waals surface area contributed by atoms with Gasteiger partial charge in [0.2, 0.25) is 0 Å². The van der Waals surface area contributed by atoms with Crippen molar-refractivity contribution < 1.29 is 19.6 Å². The van der Waals surface area contributed by atoms with Crippen LogP contribution >= 0.6 is 0 Å². The number of amides is 1. The van der Waals surface area contributed by atoms with Crippen LogP contribution in [0.25, 0.3) is 0 Å². The van der Waals surface area contributed by atoms with Gasteiger partial charge in [-0.1, -0.05) is 0 Å². The molecule has 0 spiro atoms. The molecule has 0 unspecified atom stereocenters. The minimum Gasteiger partial charge on any atom is -0.481 e. The van der Waals surface area contributed by atoms with Crippen LogP contribution in [-0.2, 0) is 9.59 Å². The predicted molar refractivity (Wildman–Crippen MR) is 65.7 cm³/mol. The number of nitrogens with zero attached hydrogens (tertiary/aromatic N) is 2. The van der Waals surface area contributed by atoms with Crippen molar-refractivity contribution in [2.75, 3.05) is 0 Å². The number of carboxylic acid groups (broad SMARTS) is 1. The lowest BCUT2D eigenvalue weighted by atomic mass is 10.1. The Morgan fingerprint density at radius 3 is 2.42 bits per heavy atom. The van der Waals surface area contributed by atoms with Crippen LogP contribution in [0.15, 0.2) is 29.4 Å². The van der Waals surface area contributed by atoms with Crippen molar-refractivity contribution in [2.24, 2.45) is 5.10 Å². The van der Waals surface area contributed by atoms with Crippen LogP contribution in [0.5, 0.6) is 0 Å². The molecule has 2 N–H and O–H groups in total. The number of rotatable bonds is 5. The van der Waals surface area contributed by atoms with Crippen molar-refractivity contribution in [3.63, 3.8) is 0 Å². The first-order chi connectivity index (χ1) is 8.90. The summed E-state index contributed by atoms with van der Waals surface area (Å²) in [5.74, 6) is -1.99. The van der Waals surface area contributed by atoms with E-state index < -0.39 is 23.2 Å². The number of carbonyl (C=O) groups is 2. The Morgan fingerprint density at radius 2 is 1.95 bits per heavy atom. The van der Waals surface area contributed by atoms with Crippen LogP contribution in [0.4, 0.5) is 5.69 Å². The van der Waals surface area contributed by atoms with Crippen LogP contribution in [0, 0.1) is 10.1 Å². The van der Waals surface area contributed by atoms with E-state index in [1.807, 2.05) is 0 Å². The lowest BCUT2D eigenvalue weighted by molar-refractivity contribution is -0.384. The Balaban J connectivity index is 2.71. The standard InChI is InChI=1S/C11H11N3O5/c1-7(12-13-10(15)6-11(16)17)8-2-4-9(5-3-8)14(18)19/h2-5H,6H2,1H3,(H,13,15)(H,16,17)/b12-7-. The molecule has 0 aliphatic heterocycles. The van der Waals surface area contributed by atoms with E-state index >= 15 is 0 Å². The molecular formula is C11H11N3O5. The third-order valence-electron chi connectivity index (χ3n) is 2.16. The molecule has 0 heterocycles. The van der Waals surface area contributed by atoms with Gasteiger partial charge in [-0.3, -0.25) is 19.7 Å². The fraction of sp³-hybridized carbons (Fsp3) is 0.182. The van der Waals surface area contributed by atoms with E-state index in [2.05, 4.69) is 10.5 Å². The molecule has 0 aliphatic rings. The Hall–Kier alpha value is -2.77. The summed E-state index contributed by atoms with van der Waals surface area (Å²) in [6.07, 6.45) is -0.670. The van der Waals surface area contributed by atoms with Gasteiger partial charge in [0.25, 0.3) is 11.6 Å². The molecule has 0 saturated carbocycles. The highest BCUT2D eigenvalue weighted by Crippen LogP contribution is 2.12. The molecule has 0 atom stereocenters. The monoisotopic (exact) mass is 265 g/mol. The summed E-state index contributed by atoms with van der Waals surface area (Å²) in [6, 6.07) is 5.60. The van der Waals surface area contributed by atoms with Crippen molar-refractivity contribution in [1.82, 2.24) is 5.43 Å². The third-order valence-corrected chi connectivity index (χ3v) is 2.16. The van der Waals surface area contributed by atoms with Gasteiger partial charge in [-0.25, -0.2) is 5.43 Å². The van der Waals surface area contributed by atoms with Crippen molar-refractivity contribution in [3.05, 3.63) is 39.9 Å². The van der Waals surface area contributed by atoms with E-state index in [0.29, 0.717) is 11.3 Å². The fourth-order valence-corrected chi connectivity index (χ4v) is 1.21. The van der Waals surface area contributed by atoms with E-state index in [1.165, 1.54) is 24.3 Å². The molecule has 0 radical (unpaired) electrons. The molecular weight excluding hydrogens is 254 g/mol. The van der Waals surface area contributed by atoms with Gasteiger partial charge < -0.3 is 5.11 Å². The number of aliphatic carboxylic acids is 1. The third kappa shape index (κ3) is 4.54. The number of nitro benzene ring substituents is 1. The zero-order chi connectivity index (χ0) is 14.4. The van der Waals surface area contributed by atoms with Crippen molar-refractivity contribution in [2.45, 2.75) is 13.3 Å². The first kappa shape index (κ1) is 14.3. The molecule has 1 aromatic carbocycles. The quantitative estimate of drug-likeness (QED) is 0.354. The number of carbonyl (C=O) groups excluding carboxylic acids is 1. The molecule has 0 fully saturated rings. The maximum atomic E-state index is 11.0. The van der Waals surface area contributed by atoms with Gasteiger partial charge in [0.05, 0.1) is 10.6 Å². The largest absolute Gasteiger partial charge is 0.481 e. The normalized spacial score (nSPS) is 10.9. The number of hydrogen-bond acceptors (Lipinski definition) is 5. The average molecular weight is 265 g/mol. The van der Waals surface area contributed by atoms with Gasteiger partial charge in [-0.2, -0.15) is 5.10 Å². The van der Waals surface area contributed by atoms with E-state index in [1.54, 1.807) is 6.92 Å². The van der Waals surface area contributed by atoms with Crippen LogP contribution in [0.3, 0.4) is 0 Å². The lowest BCUT2D eigenvalue weighted by Gasteiger charge is -2.01. The highest BCUT2D eigenvalue weighted by Gasteiger charge is 2.08. The number of non-ortho nitro benzene ring substituents is 1. The minimum absolute atomic E-state index is 0.0496. The molecule has 0 saturated heterocycles. The van der Waals surface area contributed by atoms with E-state index in [4.69, 9.17) is 5.11 Å². The molecule has 100 valence electrons. The lowest BCUT2D eigenvalue weighted by Crippen LogP contribution is -2.22. The van der Waals surface area contributed by atoms with E-state index in [9.17, 15) is 19.7 Å². The van der Waals surface area contributed by atoms with Crippen molar-refractivity contribution in [3.8, 4) is 0 Å². The second-order valence-corrected chi connectivity index (χ2v) is 3.61. The molecule has 0 aliphatic carbocycles. The Labute approximate surface area is 107 Å². The van der Waals surface area contributed by atoms with Crippen LogP contribution in [-0.4, -0.2) is 27.6 Å². The molecule has 0 bridgehead atoms. The molecule has 1 aromatic rings. The Kier molecular flexibility index (Phi) is 4.69. The molecule has 0 aromatic heterocycles. The average Bonchev–Trinajstić information content (AvgIpc) is 2.35. The van der Waals surface area contributed by atoms with Crippen LogP contribution < -0.4 is 5.43 Å². The predicted octanol–water partition coefficient (Wildman–Crippen LogP) is 0.910. The summed E-state index contributed by atoms with van der Waals surface area (Å²) in [5.41, 5.74) is 3.03. The number of nitrogens with one attached hydrogen (secondary N) is 1. The molecule has 8 heteroatoms. The van der Waals surface area contributed by atoms with Gasteiger partial charge in [0.1, 0.15) is 6.42 Å². The first-order valence-corrected chi connectivity index (χ1v) is 5.20. The summed E-state index contributed by atoms with van der Waals surface area (Å²) in [4.78, 5) is 31.2. The molecule has 19 heavy (non-hydrogen) atoms. The molecule has 1 rings (SSSR count). The topological polar surface area (TPSA) is 122 Å². The smallest absolute Gasteiger partial charge is 0.312 e. The van der Waals surface area contributed by atoms with Gasteiger partial charge in [-0.15, -0.1) is 0 Å². The van der Waals surface area contributed by atoms with Gasteiger partial charge in [0.15, 0.2) is 0 Å². The van der Waals surface area contributed by atoms with Gasteiger partial charge in [-0.05, 0) is 24.6 Å². The first-order valence-electron chi connectivity index (χ1n) is 5.20. The van der Waals surface area contributed by atoms with Crippen LogP contribution in [0.1, 0.15) is 18.9 Å². The van der Waals surface area contributed by atoms with Crippen molar-refractivity contribution >= 4 is 23.3 Å². The SMILES string of the molecule is C/C(=N/NC(=O)CC(=O)O)c1ccc([N+](=O)[O-])cc1. The highest BCUT2D eigenvalue weighted by molar-refractivity contribution is 6.00. The second kappa shape index (κ2) is 6.24. The number of hydrogen-bond donors (Lipinski definition) is 2.